The van der Waals surface area contributed by atoms with Crippen LogP contribution in [-0.2, 0) is 4.79 Å². The van der Waals surface area contributed by atoms with E-state index in [0.29, 0.717) is 35.6 Å². The molecule has 0 radical (unpaired) electrons. The van der Waals surface area contributed by atoms with Gasteiger partial charge < -0.3 is 10.6 Å². The molecule has 32 heavy (non-hydrogen) atoms. The molecule has 2 heterocycles. The van der Waals surface area contributed by atoms with Crippen molar-refractivity contribution in [1.29, 1.82) is 5.26 Å². The number of hydrogen-bond acceptors (Lipinski definition) is 6. The van der Waals surface area contributed by atoms with Crippen molar-refractivity contribution < 1.29 is 4.79 Å². The van der Waals surface area contributed by atoms with Crippen molar-refractivity contribution >= 4 is 33.2 Å². The van der Waals surface area contributed by atoms with Gasteiger partial charge in [0.2, 0.25) is 0 Å². The zero-order valence-electron chi connectivity index (χ0n) is 18.7. The van der Waals surface area contributed by atoms with Gasteiger partial charge in [-0.15, -0.1) is 0 Å². The maximum atomic E-state index is 13.5. The molecule has 7 heteroatoms. The quantitative estimate of drug-likeness (QED) is 0.659. The highest BCUT2D eigenvalue weighted by Gasteiger charge is 2.44. The average molecular weight is 492 g/mol. The number of rotatable bonds is 3. The van der Waals surface area contributed by atoms with Crippen LogP contribution in [0.25, 0.3) is 0 Å². The second-order valence-electron chi connectivity index (χ2n) is 9.30. The molecule has 0 saturated heterocycles. The van der Waals surface area contributed by atoms with Crippen LogP contribution < -0.4 is 15.5 Å². The third-order valence-electron chi connectivity index (χ3n) is 6.06. The molecule has 1 atom stereocenters. The van der Waals surface area contributed by atoms with Gasteiger partial charge in [-0.3, -0.25) is 9.69 Å². The number of nitriles is 1. The van der Waals surface area contributed by atoms with Gasteiger partial charge in [-0.25, -0.2) is 4.98 Å². The fourth-order valence-corrected chi connectivity index (χ4v) is 4.80. The molecule has 0 amide bonds. The number of Topliss-reactive ketones (excluding diaryl/α,β-unsaturated/α-hetero) is 1. The molecule has 164 valence electrons. The molecule has 0 saturated carbocycles. The lowest BCUT2D eigenvalue weighted by Crippen LogP contribution is -2.42. The first-order chi connectivity index (χ1) is 15.1. The van der Waals surface area contributed by atoms with Crippen LogP contribution in [0.15, 0.2) is 69.7 Å². The number of hydrogen-bond donors (Lipinski definition) is 1. The zero-order valence-corrected chi connectivity index (χ0v) is 20.3. The second kappa shape index (κ2) is 8.10. The minimum atomic E-state index is -0.485. The first kappa shape index (κ1) is 22.1. The summed E-state index contributed by atoms with van der Waals surface area (Å²) in [5.74, 6) is 0.493. The van der Waals surface area contributed by atoms with Crippen molar-refractivity contribution in [3.8, 4) is 6.07 Å². The fraction of sp³-hybridized carbons (Fsp3) is 0.320. The standard InChI is InChI=1S/C25H26BrN5O/c1-25(2)11-19-23(20(32)12-25)22(15-5-8-17(9-6-15)30(3)4)18(13-27)24(28)31(19)21-10-7-16(26)14-29-21/h5-10,14,22H,11-12,28H2,1-4H3. The average Bonchev–Trinajstić information content (AvgIpc) is 2.73. The summed E-state index contributed by atoms with van der Waals surface area (Å²) in [5, 5.41) is 10.1. The summed E-state index contributed by atoms with van der Waals surface area (Å²) in [7, 11) is 3.95. The van der Waals surface area contributed by atoms with Crippen LogP contribution >= 0.6 is 15.9 Å². The number of carbonyl (C=O) groups is 1. The third kappa shape index (κ3) is 3.80. The predicted molar refractivity (Wildman–Crippen MR) is 130 cm³/mol. The summed E-state index contributed by atoms with van der Waals surface area (Å²) >= 11 is 3.42. The SMILES string of the molecule is CN(C)c1ccc(C2C(C#N)=C(N)N(c3ccc(Br)cn3)C3=C2C(=O)CC(C)(C)C3)cc1. The highest BCUT2D eigenvalue weighted by atomic mass is 79.9. The van der Waals surface area contributed by atoms with E-state index in [-0.39, 0.29) is 11.2 Å². The molecule has 1 aliphatic heterocycles. The number of allylic oxidation sites excluding steroid dienone is 3. The van der Waals surface area contributed by atoms with Crippen LogP contribution in [0.1, 0.15) is 38.2 Å². The number of aromatic nitrogens is 1. The topological polar surface area (TPSA) is 86.2 Å². The van der Waals surface area contributed by atoms with E-state index in [1.54, 1.807) is 11.1 Å². The Labute approximate surface area is 197 Å². The van der Waals surface area contributed by atoms with E-state index in [0.717, 1.165) is 21.4 Å². The van der Waals surface area contributed by atoms with Crippen molar-refractivity contribution in [3.63, 3.8) is 0 Å². The van der Waals surface area contributed by atoms with Crippen molar-refractivity contribution in [2.75, 3.05) is 23.9 Å². The van der Waals surface area contributed by atoms with E-state index < -0.39 is 5.92 Å². The molecule has 1 aromatic carbocycles. The largest absolute Gasteiger partial charge is 0.384 e. The highest BCUT2D eigenvalue weighted by molar-refractivity contribution is 9.10. The molecule has 1 aliphatic carbocycles. The van der Waals surface area contributed by atoms with Crippen LogP contribution in [0, 0.1) is 16.7 Å². The van der Waals surface area contributed by atoms with Gasteiger partial charge in [-0.2, -0.15) is 5.26 Å². The van der Waals surface area contributed by atoms with Crippen LogP contribution in [0.3, 0.4) is 0 Å². The van der Waals surface area contributed by atoms with E-state index >= 15 is 0 Å². The second-order valence-corrected chi connectivity index (χ2v) is 10.2. The Morgan fingerprint density at radius 2 is 1.88 bits per heavy atom. The minimum absolute atomic E-state index is 0.0558. The van der Waals surface area contributed by atoms with Crippen LogP contribution in [-0.4, -0.2) is 24.9 Å². The molecule has 4 rings (SSSR count). The first-order valence-corrected chi connectivity index (χ1v) is 11.3. The predicted octanol–water partition coefficient (Wildman–Crippen LogP) is 4.85. The number of carbonyl (C=O) groups excluding carboxylic acids is 1. The molecular weight excluding hydrogens is 466 g/mol. The van der Waals surface area contributed by atoms with Gasteiger partial charge in [-0.1, -0.05) is 26.0 Å². The zero-order chi connectivity index (χ0) is 23.2. The van der Waals surface area contributed by atoms with Gasteiger partial charge >= 0.3 is 0 Å². The maximum Gasteiger partial charge on any atom is 0.162 e. The normalized spacial score (nSPS) is 20.2. The van der Waals surface area contributed by atoms with Crippen molar-refractivity contribution in [2.45, 2.75) is 32.6 Å². The number of pyridine rings is 1. The Hall–Kier alpha value is -3.11. The van der Waals surface area contributed by atoms with E-state index in [2.05, 4.69) is 40.8 Å². The van der Waals surface area contributed by atoms with Gasteiger partial charge in [0.1, 0.15) is 11.6 Å². The van der Waals surface area contributed by atoms with E-state index in [1.807, 2.05) is 55.4 Å². The molecule has 0 spiro atoms. The fourth-order valence-electron chi connectivity index (χ4n) is 4.57. The summed E-state index contributed by atoms with van der Waals surface area (Å²) < 4.78 is 0.842. The van der Waals surface area contributed by atoms with E-state index in [1.165, 1.54) is 0 Å². The summed E-state index contributed by atoms with van der Waals surface area (Å²) in [5.41, 5.74) is 10.2. The minimum Gasteiger partial charge on any atom is -0.384 e. The summed E-state index contributed by atoms with van der Waals surface area (Å²) in [6.45, 7) is 4.17. The number of ketones is 1. The van der Waals surface area contributed by atoms with E-state index in [4.69, 9.17) is 5.73 Å². The number of nitrogens with zero attached hydrogens (tertiary/aromatic N) is 4. The number of anilines is 2. The monoisotopic (exact) mass is 491 g/mol. The van der Waals surface area contributed by atoms with Gasteiger partial charge in [0.25, 0.3) is 0 Å². The first-order valence-electron chi connectivity index (χ1n) is 10.5. The lowest BCUT2D eigenvalue weighted by atomic mass is 9.68. The van der Waals surface area contributed by atoms with Crippen molar-refractivity contribution in [1.82, 2.24) is 4.98 Å². The van der Waals surface area contributed by atoms with Crippen LogP contribution in [0.5, 0.6) is 0 Å². The van der Waals surface area contributed by atoms with E-state index in [9.17, 15) is 10.1 Å². The third-order valence-corrected chi connectivity index (χ3v) is 6.53. The Balaban J connectivity index is 1.95. The molecular formula is C25H26BrN5O. The number of halogens is 1. The van der Waals surface area contributed by atoms with Gasteiger partial charge in [-0.05, 0) is 57.6 Å². The van der Waals surface area contributed by atoms with Crippen LogP contribution in [0.2, 0.25) is 0 Å². The Morgan fingerprint density at radius 3 is 2.44 bits per heavy atom. The Kier molecular flexibility index (Phi) is 5.59. The number of benzene rings is 1. The smallest absolute Gasteiger partial charge is 0.162 e. The molecule has 0 fully saturated rings. The van der Waals surface area contributed by atoms with Gasteiger partial charge in [0, 0.05) is 48.1 Å². The van der Waals surface area contributed by atoms with Crippen molar-refractivity contribution in [2.24, 2.45) is 11.1 Å². The molecule has 1 unspecified atom stereocenters. The van der Waals surface area contributed by atoms with Gasteiger partial charge in [0.05, 0.1) is 17.6 Å². The van der Waals surface area contributed by atoms with Gasteiger partial charge in [0.15, 0.2) is 5.78 Å². The number of nitrogens with two attached hydrogens (primary N) is 1. The molecule has 2 aromatic rings. The summed E-state index contributed by atoms with van der Waals surface area (Å²) in [6.07, 6.45) is 2.78. The highest BCUT2D eigenvalue weighted by Crippen LogP contribution is 2.50. The molecule has 0 bridgehead atoms. The Bertz CT molecular complexity index is 1170. The lowest BCUT2D eigenvalue weighted by Gasteiger charge is -2.43. The lowest BCUT2D eigenvalue weighted by molar-refractivity contribution is -0.118. The maximum absolute atomic E-state index is 13.5. The molecule has 6 nitrogen and oxygen atoms in total. The molecule has 2 aliphatic rings. The molecule has 1 aromatic heterocycles. The molecule has 2 N–H and O–H groups in total. The van der Waals surface area contributed by atoms with Crippen LogP contribution in [0.4, 0.5) is 11.5 Å². The Morgan fingerprint density at radius 1 is 1.19 bits per heavy atom. The van der Waals surface area contributed by atoms with Crippen molar-refractivity contribution in [3.05, 3.63) is 75.3 Å². The summed E-state index contributed by atoms with van der Waals surface area (Å²) in [6, 6.07) is 14.0. The summed E-state index contributed by atoms with van der Waals surface area (Å²) in [4.78, 5) is 21.8.